The van der Waals surface area contributed by atoms with Crippen LogP contribution in [0.4, 0.5) is 0 Å². The van der Waals surface area contributed by atoms with Gasteiger partial charge in [-0.2, -0.15) is 0 Å². The molecule has 0 aliphatic rings. The average molecular weight is 289 g/mol. The summed E-state index contributed by atoms with van der Waals surface area (Å²) in [6.07, 6.45) is 0. The Morgan fingerprint density at radius 2 is 1.50 bits per heavy atom. The Bertz CT molecular complexity index is 486. The van der Waals surface area contributed by atoms with Crippen molar-refractivity contribution in [1.29, 1.82) is 0 Å². The predicted molar refractivity (Wildman–Crippen MR) is 91.3 cm³/mol. The lowest BCUT2D eigenvalue weighted by atomic mass is 10.1. The summed E-state index contributed by atoms with van der Waals surface area (Å²) < 4.78 is 0. The van der Waals surface area contributed by atoms with E-state index < -0.39 is 8.07 Å². The molecule has 1 aromatic carbocycles. The fourth-order valence-corrected chi connectivity index (χ4v) is 10.6. The largest absolute Gasteiger partial charge is 0.234 e. The van der Waals surface area contributed by atoms with E-state index in [0.717, 1.165) is 10.8 Å². The van der Waals surface area contributed by atoms with Crippen LogP contribution in [-0.4, -0.2) is 14.0 Å². The van der Waals surface area contributed by atoms with Gasteiger partial charge in [-0.3, -0.25) is 0 Å². The molecule has 0 saturated carbocycles. The van der Waals surface area contributed by atoms with Gasteiger partial charge in [0.25, 0.3) is 0 Å². The van der Waals surface area contributed by atoms with Gasteiger partial charge in [-0.05, 0) is 29.1 Å². The number of aryl methyl sites for hydroxylation is 1. The van der Waals surface area contributed by atoms with E-state index in [1.54, 1.807) is 0 Å². The smallest absolute Gasteiger partial charge is 0.123 e. The van der Waals surface area contributed by atoms with Crippen LogP contribution >= 0.6 is 0 Å². The van der Waals surface area contributed by atoms with Gasteiger partial charge < -0.3 is 0 Å². The molecule has 0 bridgehead atoms. The first-order valence-electron chi connectivity index (χ1n) is 7.61. The summed E-state index contributed by atoms with van der Waals surface area (Å²) in [6, 6.07) is 8.33. The van der Waals surface area contributed by atoms with Crippen LogP contribution in [0.25, 0.3) is 5.20 Å². The highest BCUT2D eigenvalue weighted by Crippen LogP contribution is 2.48. The van der Waals surface area contributed by atoms with Crippen LogP contribution < -0.4 is 0 Å². The second-order valence-electron chi connectivity index (χ2n) is 6.74. The molecule has 1 rings (SSSR count). The molecule has 0 N–H and O–H groups in total. The van der Waals surface area contributed by atoms with E-state index >= 15 is 0 Å². The minimum atomic E-state index is -1.93. The lowest BCUT2D eigenvalue weighted by Crippen LogP contribution is -2.46. The summed E-state index contributed by atoms with van der Waals surface area (Å²) in [5.41, 5.74) is 3.87. The summed E-state index contributed by atoms with van der Waals surface area (Å²) in [6.45, 7) is 15.7. The van der Waals surface area contributed by atoms with E-state index in [1.165, 1.54) is 5.56 Å². The standard InChI is InChI=1S/C18H28OSi/c1-13(2)20(14(3)4,15(5)6)18(12-19)17-10-8-9-16(7)11-17/h8-11,13-15H,1-7H3. The molecule has 2 heteroatoms. The number of benzene rings is 1. The summed E-state index contributed by atoms with van der Waals surface area (Å²) in [4.78, 5) is 11.8. The molecule has 1 nitrogen and oxygen atoms in total. The molecule has 20 heavy (non-hydrogen) atoms. The molecule has 0 amide bonds. The van der Waals surface area contributed by atoms with E-state index in [2.05, 4.69) is 72.6 Å². The molecule has 0 radical (unpaired) electrons. The Morgan fingerprint density at radius 3 is 1.85 bits per heavy atom. The van der Waals surface area contributed by atoms with Crippen LogP contribution in [0.1, 0.15) is 52.7 Å². The molecule has 0 spiro atoms. The van der Waals surface area contributed by atoms with Gasteiger partial charge in [0.15, 0.2) is 0 Å². The van der Waals surface area contributed by atoms with Crippen LogP contribution in [0.2, 0.25) is 16.6 Å². The Kier molecular flexibility index (Phi) is 5.56. The maximum Gasteiger partial charge on any atom is 0.123 e. The molecule has 0 aromatic heterocycles. The molecule has 0 heterocycles. The van der Waals surface area contributed by atoms with Crippen molar-refractivity contribution in [3.8, 4) is 0 Å². The Balaban J connectivity index is 3.57. The van der Waals surface area contributed by atoms with Crippen molar-refractivity contribution in [1.82, 2.24) is 0 Å². The third-order valence-corrected chi connectivity index (χ3v) is 11.7. The van der Waals surface area contributed by atoms with Crippen LogP contribution in [0.15, 0.2) is 24.3 Å². The normalized spacial score (nSPS) is 12.1. The molecular weight excluding hydrogens is 260 g/mol. The van der Waals surface area contributed by atoms with Crippen LogP contribution in [0.5, 0.6) is 0 Å². The molecular formula is C18H28OSi. The van der Waals surface area contributed by atoms with Crippen LogP contribution in [0.3, 0.4) is 0 Å². The van der Waals surface area contributed by atoms with Gasteiger partial charge in [0.1, 0.15) is 14.0 Å². The molecule has 0 aliphatic heterocycles. The van der Waals surface area contributed by atoms with Crippen molar-refractivity contribution in [2.75, 3.05) is 0 Å². The summed E-state index contributed by atoms with van der Waals surface area (Å²) >= 11 is 0. The van der Waals surface area contributed by atoms with Crippen molar-refractivity contribution in [3.63, 3.8) is 0 Å². The highest BCUT2D eigenvalue weighted by Gasteiger charge is 2.47. The molecule has 0 saturated heterocycles. The van der Waals surface area contributed by atoms with E-state index in [4.69, 9.17) is 0 Å². The van der Waals surface area contributed by atoms with Gasteiger partial charge in [0.05, 0.1) is 0 Å². The predicted octanol–water partition coefficient (Wildman–Crippen LogP) is 5.43. The van der Waals surface area contributed by atoms with Gasteiger partial charge >= 0.3 is 0 Å². The van der Waals surface area contributed by atoms with Crippen molar-refractivity contribution in [2.24, 2.45) is 0 Å². The third kappa shape index (κ3) is 2.82. The van der Waals surface area contributed by atoms with E-state index in [1.807, 2.05) is 6.07 Å². The second kappa shape index (κ2) is 6.56. The molecule has 0 unspecified atom stereocenters. The molecule has 0 aliphatic carbocycles. The van der Waals surface area contributed by atoms with Gasteiger partial charge in [-0.25, -0.2) is 4.79 Å². The molecule has 110 valence electrons. The van der Waals surface area contributed by atoms with Crippen molar-refractivity contribution >= 4 is 19.2 Å². The van der Waals surface area contributed by atoms with Crippen molar-refractivity contribution in [3.05, 3.63) is 35.4 Å². The van der Waals surface area contributed by atoms with E-state index in [0.29, 0.717) is 16.6 Å². The van der Waals surface area contributed by atoms with Gasteiger partial charge in [0.2, 0.25) is 0 Å². The maximum absolute atomic E-state index is 11.8. The number of hydrogen-bond acceptors (Lipinski definition) is 1. The lowest BCUT2D eigenvalue weighted by Gasteiger charge is -2.43. The second-order valence-corrected chi connectivity index (χ2v) is 12.6. The third-order valence-electron chi connectivity index (χ3n) is 4.71. The molecule has 0 fully saturated rings. The van der Waals surface area contributed by atoms with E-state index in [-0.39, 0.29) is 0 Å². The van der Waals surface area contributed by atoms with Crippen molar-refractivity contribution < 1.29 is 4.79 Å². The average Bonchev–Trinajstić information content (AvgIpc) is 2.33. The van der Waals surface area contributed by atoms with E-state index in [9.17, 15) is 4.79 Å². The highest BCUT2D eigenvalue weighted by molar-refractivity contribution is 7.01. The topological polar surface area (TPSA) is 17.1 Å². The monoisotopic (exact) mass is 288 g/mol. The fraction of sp³-hybridized carbons (Fsp3) is 0.556. The highest BCUT2D eigenvalue weighted by atomic mass is 28.3. The van der Waals surface area contributed by atoms with Crippen LogP contribution in [-0.2, 0) is 4.79 Å². The van der Waals surface area contributed by atoms with Crippen LogP contribution in [0, 0.1) is 6.92 Å². The summed E-state index contributed by atoms with van der Waals surface area (Å²) in [5.74, 6) is 2.36. The zero-order valence-electron chi connectivity index (χ0n) is 13.9. The zero-order valence-corrected chi connectivity index (χ0v) is 14.9. The number of rotatable bonds is 5. The van der Waals surface area contributed by atoms with Gasteiger partial charge in [-0.15, -0.1) is 0 Å². The first-order valence-corrected chi connectivity index (χ1v) is 9.84. The number of carbonyl (C=O) groups excluding carboxylic acids is 1. The minimum Gasteiger partial charge on any atom is -0.234 e. The van der Waals surface area contributed by atoms with Gasteiger partial charge in [0, 0.05) is 5.20 Å². The number of hydrogen-bond donors (Lipinski definition) is 0. The van der Waals surface area contributed by atoms with Gasteiger partial charge in [-0.1, -0.05) is 71.4 Å². The Labute approximate surface area is 125 Å². The fourth-order valence-electron chi connectivity index (χ4n) is 4.06. The zero-order chi connectivity index (χ0) is 15.5. The first-order chi connectivity index (χ1) is 9.28. The minimum absolute atomic E-state index is 0.527. The lowest BCUT2D eigenvalue weighted by molar-refractivity contribution is 0.569. The Hall–Kier alpha value is -1.11. The molecule has 1 aromatic rings. The Morgan fingerprint density at radius 1 is 1.00 bits per heavy atom. The quantitative estimate of drug-likeness (QED) is 0.521. The SMILES string of the molecule is Cc1cccc(C(=C=O)[Si](C(C)C)(C(C)C)C(C)C)c1. The molecule has 0 atom stereocenters. The first kappa shape index (κ1) is 16.9. The maximum atomic E-state index is 11.8. The van der Waals surface area contributed by atoms with Crippen molar-refractivity contribution in [2.45, 2.75) is 65.1 Å². The summed E-state index contributed by atoms with van der Waals surface area (Å²) in [5, 5.41) is 0.973. The summed E-state index contributed by atoms with van der Waals surface area (Å²) in [7, 11) is -1.93.